The van der Waals surface area contributed by atoms with Crippen LogP contribution in [0.25, 0.3) is 11.5 Å². The van der Waals surface area contributed by atoms with Crippen LogP contribution >= 0.6 is 0 Å². The molecule has 1 fully saturated rings. The van der Waals surface area contributed by atoms with Crippen LogP contribution in [0.5, 0.6) is 0 Å². The molecule has 2 aromatic rings. The lowest BCUT2D eigenvalue weighted by atomic mass is 10.2. The van der Waals surface area contributed by atoms with Crippen molar-refractivity contribution in [2.75, 3.05) is 39.4 Å². The fourth-order valence-corrected chi connectivity index (χ4v) is 2.68. The molecule has 6 nitrogen and oxygen atoms in total. The Balaban J connectivity index is 1.38. The van der Waals surface area contributed by atoms with E-state index in [1.165, 1.54) is 0 Å². The first kappa shape index (κ1) is 16.7. The van der Waals surface area contributed by atoms with Crippen molar-refractivity contribution in [2.24, 2.45) is 0 Å². The second-order valence-corrected chi connectivity index (χ2v) is 5.84. The number of nitrogens with one attached hydrogen (secondary N) is 1. The summed E-state index contributed by atoms with van der Waals surface area (Å²) in [6, 6.07) is 9.67. The first-order valence-electron chi connectivity index (χ1n) is 8.38. The zero-order valence-electron chi connectivity index (χ0n) is 13.7. The Morgan fingerprint density at radius 2 is 2.00 bits per heavy atom. The number of rotatable bonds is 7. The molecule has 2 heterocycles. The second-order valence-electron chi connectivity index (χ2n) is 5.84. The summed E-state index contributed by atoms with van der Waals surface area (Å²) in [5, 5.41) is 2.94. The Labute approximate surface area is 141 Å². The Hall–Kier alpha value is -2.18. The highest BCUT2D eigenvalue weighted by atomic mass is 16.5. The number of aromatic nitrogens is 1. The number of benzene rings is 1. The number of hydrogen-bond acceptors (Lipinski definition) is 5. The van der Waals surface area contributed by atoms with Gasteiger partial charge >= 0.3 is 0 Å². The molecule has 3 rings (SSSR count). The van der Waals surface area contributed by atoms with Crippen LogP contribution in [0.15, 0.2) is 41.0 Å². The number of ether oxygens (including phenoxy) is 1. The van der Waals surface area contributed by atoms with Gasteiger partial charge in [-0.2, -0.15) is 0 Å². The fraction of sp³-hybridized carbons (Fsp3) is 0.444. The van der Waals surface area contributed by atoms with Crippen molar-refractivity contribution >= 4 is 5.91 Å². The van der Waals surface area contributed by atoms with Gasteiger partial charge in [-0.25, -0.2) is 4.98 Å². The SMILES string of the molecule is O=C(Cc1coc(-c2ccccc2)n1)NCCCN1CCOCC1. The van der Waals surface area contributed by atoms with Gasteiger partial charge in [0.2, 0.25) is 11.8 Å². The predicted octanol–water partition coefficient (Wildman–Crippen LogP) is 1.72. The Bertz CT molecular complexity index is 636. The van der Waals surface area contributed by atoms with Gasteiger partial charge < -0.3 is 14.5 Å². The minimum atomic E-state index is -0.0233. The quantitative estimate of drug-likeness (QED) is 0.784. The summed E-state index contributed by atoms with van der Waals surface area (Å²) in [5.74, 6) is 0.524. The molecule has 1 amide bonds. The lowest BCUT2D eigenvalue weighted by Crippen LogP contribution is -2.38. The zero-order chi connectivity index (χ0) is 16.6. The van der Waals surface area contributed by atoms with Gasteiger partial charge in [-0.15, -0.1) is 0 Å². The standard InChI is InChI=1S/C18H23N3O3/c22-17(19-7-4-8-21-9-11-23-12-10-21)13-16-14-24-18(20-16)15-5-2-1-3-6-15/h1-3,5-6,14H,4,7-13H2,(H,19,22). The molecule has 0 atom stereocenters. The molecule has 0 spiro atoms. The molecule has 6 heteroatoms. The highest BCUT2D eigenvalue weighted by Gasteiger charge is 2.11. The smallest absolute Gasteiger partial charge is 0.226 e. The van der Waals surface area contributed by atoms with Crippen molar-refractivity contribution in [3.63, 3.8) is 0 Å². The van der Waals surface area contributed by atoms with Gasteiger partial charge in [-0.3, -0.25) is 9.69 Å². The van der Waals surface area contributed by atoms with Crippen LogP contribution in [0.3, 0.4) is 0 Å². The van der Waals surface area contributed by atoms with E-state index in [-0.39, 0.29) is 12.3 Å². The van der Waals surface area contributed by atoms with Gasteiger partial charge in [0.15, 0.2) is 0 Å². The molecule has 1 aliphatic rings. The number of oxazole rings is 1. The minimum Gasteiger partial charge on any atom is -0.444 e. The monoisotopic (exact) mass is 329 g/mol. The average molecular weight is 329 g/mol. The van der Waals surface area contributed by atoms with Crippen molar-refractivity contribution in [3.05, 3.63) is 42.3 Å². The topological polar surface area (TPSA) is 67.6 Å². The molecule has 1 N–H and O–H groups in total. The summed E-state index contributed by atoms with van der Waals surface area (Å²) < 4.78 is 10.8. The maximum atomic E-state index is 12.0. The Morgan fingerprint density at radius 1 is 1.21 bits per heavy atom. The van der Waals surface area contributed by atoms with Gasteiger partial charge in [-0.1, -0.05) is 18.2 Å². The van der Waals surface area contributed by atoms with E-state index in [9.17, 15) is 4.79 Å². The molecule has 0 aliphatic carbocycles. The largest absolute Gasteiger partial charge is 0.444 e. The number of nitrogens with zero attached hydrogens (tertiary/aromatic N) is 2. The molecular weight excluding hydrogens is 306 g/mol. The molecule has 128 valence electrons. The predicted molar refractivity (Wildman–Crippen MR) is 90.5 cm³/mol. The van der Waals surface area contributed by atoms with E-state index in [0.717, 1.165) is 44.8 Å². The minimum absolute atomic E-state index is 0.0233. The highest BCUT2D eigenvalue weighted by Crippen LogP contribution is 2.17. The highest BCUT2D eigenvalue weighted by molar-refractivity contribution is 5.78. The third-order valence-electron chi connectivity index (χ3n) is 3.99. The molecular formula is C18H23N3O3. The third kappa shape index (κ3) is 4.91. The number of morpholine rings is 1. The molecule has 0 saturated carbocycles. The van der Waals surface area contributed by atoms with E-state index in [2.05, 4.69) is 15.2 Å². The summed E-state index contributed by atoms with van der Waals surface area (Å²) in [6.45, 7) is 5.25. The lowest BCUT2D eigenvalue weighted by molar-refractivity contribution is -0.120. The first-order valence-corrected chi connectivity index (χ1v) is 8.38. The van der Waals surface area contributed by atoms with Crippen LogP contribution in [0.4, 0.5) is 0 Å². The van der Waals surface area contributed by atoms with Gasteiger partial charge in [0.1, 0.15) is 6.26 Å². The van der Waals surface area contributed by atoms with Crippen molar-refractivity contribution < 1.29 is 13.9 Å². The summed E-state index contributed by atoms with van der Waals surface area (Å²) in [7, 11) is 0. The maximum absolute atomic E-state index is 12.0. The third-order valence-corrected chi connectivity index (χ3v) is 3.99. The lowest BCUT2D eigenvalue weighted by Gasteiger charge is -2.26. The van der Waals surface area contributed by atoms with Crippen molar-refractivity contribution in [1.29, 1.82) is 0 Å². The first-order chi connectivity index (χ1) is 11.8. The summed E-state index contributed by atoms with van der Waals surface area (Å²) >= 11 is 0. The van der Waals surface area contributed by atoms with Gasteiger partial charge in [0, 0.05) is 25.2 Å². The van der Waals surface area contributed by atoms with Crippen LogP contribution < -0.4 is 5.32 Å². The molecule has 0 bridgehead atoms. The number of carbonyl (C=O) groups excluding carboxylic acids is 1. The maximum Gasteiger partial charge on any atom is 0.226 e. The summed E-state index contributed by atoms with van der Waals surface area (Å²) in [5.41, 5.74) is 1.56. The molecule has 1 aromatic heterocycles. The molecule has 0 radical (unpaired) electrons. The van der Waals surface area contributed by atoms with Crippen LogP contribution in [-0.2, 0) is 16.0 Å². The van der Waals surface area contributed by atoms with E-state index in [0.29, 0.717) is 18.1 Å². The second kappa shape index (κ2) is 8.61. The average Bonchev–Trinajstić information content (AvgIpc) is 3.09. The molecule has 1 aromatic carbocycles. The Morgan fingerprint density at radius 3 is 2.79 bits per heavy atom. The van der Waals surface area contributed by atoms with Crippen LogP contribution in [0.1, 0.15) is 12.1 Å². The van der Waals surface area contributed by atoms with Gasteiger partial charge in [-0.05, 0) is 25.1 Å². The molecule has 0 unspecified atom stereocenters. The van der Waals surface area contributed by atoms with Crippen molar-refractivity contribution in [1.82, 2.24) is 15.2 Å². The zero-order valence-corrected chi connectivity index (χ0v) is 13.7. The van der Waals surface area contributed by atoms with Crippen LogP contribution in [-0.4, -0.2) is 55.2 Å². The van der Waals surface area contributed by atoms with Gasteiger partial charge in [0.25, 0.3) is 0 Å². The van der Waals surface area contributed by atoms with E-state index in [1.54, 1.807) is 6.26 Å². The molecule has 1 aliphatic heterocycles. The van der Waals surface area contributed by atoms with E-state index in [1.807, 2.05) is 30.3 Å². The normalized spacial score (nSPS) is 15.3. The fourth-order valence-electron chi connectivity index (χ4n) is 2.68. The summed E-state index contributed by atoms with van der Waals surface area (Å²) in [4.78, 5) is 18.7. The number of carbonyl (C=O) groups is 1. The van der Waals surface area contributed by atoms with Gasteiger partial charge in [0.05, 0.1) is 25.3 Å². The number of hydrogen-bond donors (Lipinski definition) is 1. The van der Waals surface area contributed by atoms with Crippen molar-refractivity contribution in [2.45, 2.75) is 12.8 Å². The van der Waals surface area contributed by atoms with E-state index >= 15 is 0 Å². The van der Waals surface area contributed by atoms with Crippen LogP contribution in [0.2, 0.25) is 0 Å². The number of amides is 1. The molecule has 24 heavy (non-hydrogen) atoms. The Kier molecular flexibility index (Phi) is 5.98. The van der Waals surface area contributed by atoms with E-state index in [4.69, 9.17) is 9.15 Å². The van der Waals surface area contributed by atoms with E-state index < -0.39 is 0 Å². The molecule has 1 saturated heterocycles. The summed E-state index contributed by atoms with van der Waals surface area (Å²) in [6.07, 6.45) is 2.74. The van der Waals surface area contributed by atoms with Crippen LogP contribution in [0, 0.1) is 0 Å². The van der Waals surface area contributed by atoms with Crippen molar-refractivity contribution in [3.8, 4) is 11.5 Å².